The zero-order valence-corrected chi connectivity index (χ0v) is 16.7. The minimum Gasteiger partial charge on any atom is -0.482 e. The maximum atomic E-state index is 12.5. The van der Waals surface area contributed by atoms with Crippen LogP contribution in [-0.2, 0) is 19.1 Å². The van der Waals surface area contributed by atoms with Gasteiger partial charge in [0.2, 0.25) is 5.91 Å². The van der Waals surface area contributed by atoms with Gasteiger partial charge in [0.25, 0.3) is 5.91 Å². The van der Waals surface area contributed by atoms with Crippen LogP contribution in [0.2, 0.25) is 0 Å². The van der Waals surface area contributed by atoms with Crippen LogP contribution >= 0.6 is 0 Å². The van der Waals surface area contributed by atoms with Gasteiger partial charge in [-0.05, 0) is 42.2 Å². The monoisotopic (exact) mass is 396 g/mol. The molecule has 29 heavy (non-hydrogen) atoms. The second-order valence-electron chi connectivity index (χ2n) is 7.19. The Hall–Kier alpha value is -3.35. The SMILES string of the molecule is Cc1ccc(C(C)C)c(OCC(=O)OCC(=O)N2CC(=O)Nc3ccccc32)c1. The van der Waals surface area contributed by atoms with Gasteiger partial charge < -0.3 is 14.8 Å². The standard InChI is InChI=1S/C22H24N2O5/c1-14(2)16-9-8-15(3)10-19(16)28-13-22(27)29-12-21(26)24-11-20(25)23-17-6-4-5-7-18(17)24/h4-10,14H,11-13H2,1-3H3,(H,23,25). The maximum Gasteiger partial charge on any atom is 0.344 e. The summed E-state index contributed by atoms with van der Waals surface area (Å²) in [5.74, 6) is -0.547. The predicted molar refractivity (Wildman–Crippen MR) is 109 cm³/mol. The molecule has 2 aromatic carbocycles. The molecule has 1 N–H and O–H groups in total. The molecular formula is C22H24N2O5. The average Bonchev–Trinajstić information content (AvgIpc) is 2.69. The van der Waals surface area contributed by atoms with E-state index in [1.54, 1.807) is 24.3 Å². The van der Waals surface area contributed by atoms with Gasteiger partial charge in [-0.3, -0.25) is 14.5 Å². The number of aryl methyl sites for hydroxylation is 1. The lowest BCUT2D eigenvalue weighted by Gasteiger charge is -2.28. The number of hydrogen-bond donors (Lipinski definition) is 1. The number of amides is 2. The number of benzene rings is 2. The fourth-order valence-electron chi connectivity index (χ4n) is 3.10. The molecule has 0 radical (unpaired) electrons. The highest BCUT2D eigenvalue weighted by Gasteiger charge is 2.27. The van der Waals surface area contributed by atoms with E-state index in [4.69, 9.17) is 9.47 Å². The zero-order chi connectivity index (χ0) is 21.0. The first-order valence-corrected chi connectivity index (χ1v) is 9.43. The number of rotatable bonds is 6. The summed E-state index contributed by atoms with van der Waals surface area (Å²) in [7, 11) is 0. The van der Waals surface area contributed by atoms with Gasteiger partial charge in [0, 0.05) is 0 Å². The number of fused-ring (bicyclic) bond motifs is 1. The number of para-hydroxylation sites is 2. The first kappa shape index (κ1) is 20.4. The van der Waals surface area contributed by atoms with E-state index in [-0.39, 0.29) is 25.0 Å². The molecule has 3 rings (SSSR count). The molecule has 0 bridgehead atoms. The summed E-state index contributed by atoms with van der Waals surface area (Å²) in [6.45, 7) is 5.15. The van der Waals surface area contributed by atoms with Crippen LogP contribution in [0.4, 0.5) is 11.4 Å². The predicted octanol–water partition coefficient (Wildman–Crippen LogP) is 3.03. The Morgan fingerprint density at radius 3 is 2.66 bits per heavy atom. The van der Waals surface area contributed by atoms with Gasteiger partial charge in [-0.1, -0.05) is 38.1 Å². The molecule has 7 heteroatoms. The van der Waals surface area contributed by atoms with E-state index in [0.29, 0.717) is 17.1 Å². The van der Waals surface area contributed by atoms with Crippen molar-refractivity contribution in [2.45, 2.75) is 26.7 Å². The van der Waals surface area contributed by atoms with Gasteiger partial charge in [-0.15, -0.1) is 0 Å². The van der Waals surface area contributed by atoms with E-state index in [2.05, 4.69) is 5.32 Å². The van der Waals surface area contributed by atoms with Crippen LogP contribution in [0.1, 0.15) is 30.9 Å². The summed E-state index contributed by atoms with van der Waals surface area (Å²) in [5, 5.41) is 2.71. The fourth-order valence-corrected chi connectivity index (χ4v) is 3.10. The molecule has 0 fully saturated rings. The van der Waals surface area contributed by atoms with Crippen molar-refractivity contribution in [1.82, 2.24) is 0 Å². The molecule has 0 saturated carbocycles. The van der Waals surface area contributed by atoms with E-state index in [9.17, 15) is 14.4 Å². The number of ether oxygens (including phenoxy) is 2. The van der Waals surface area contributed by atoms with Gasteiger partial charge in [0.15, 0.2) is 13.2 Å². The number of nitrogens with one attached hydrogen (secondary N) is 1. The van der Waals surface area contributed by atoms with Crippen molar-refractivity contribution in [3.63, 3.8) is 0 Å². The van der Waals surface area contributed by atoms with Crippen LogP contribution in [0.3, 0.4) is 0 Å². The lowest BCUT2D eigenvalue weighted by molar-refractivity contribution is -0.149. The van der Waals surface area contributed by atoms with E-state index >= 15 is 0 Å². The van der Waals surface area contributed by atoms with Crippen molar-refractivity contribution in [3.05, 3.63) is 53.6 Å². The Balaban J connectivity index is 1.57. The van der Waals surface area contributed by atoms with Crippen molar-refractivity contribution in [3.8, 4) is 5.75 Å². The van der Waals surface area contributed by atoms with E-state index in [1.807, 2.05) is 39.0 Å². The highest BCUT2D eigenvalue weighted by molar-refractivity contribution is 6.10. The Kier molecular flexibility index (Phi) is 6.16. The summed E-state index contributed by atoms with van der Waals surface area (Å²) in [5.41, 5.74) is 3.14. The number of anilines is 2. The smallest absolute Gasteiger partial charge is 0.344 e. The Morgan fingerprint density at radius 1 is 1.14 bits per heavy atom. The topological polar surface area (TPSA) is 84.9 Å². The third-order valence-electron chi connectivity index (χ3n) is 4.56. The molecule has 1 aliphatic rings. The molecule has 1 heterocycles. The minimum atomic E-state index is -0.649. The van der Waals surface area contributed by atoms with Crippen molar-refractivity contribution in [2.24, 2.45) is 0 Å². The molecule has 1 aliphatic heterocycles. The van der Waals surface area contributed by atoms with Crippen molar-refractivity contribution >= 4 is 29.2 Å². The number of nitrogens with zero attached hydrogens (tertiary/aromatic N) is 1. The number of hydrogen-bond acceptors (Lipinski definition) is 5. The normalized spacial score (nSPS) is 13.0. The van der Waals surface area contributed by atoms with Crippen LogP contribution in [-0.4, -0.2) is 37.5 Å². The highest BCUT2D eigenvalue weighted by atomic mass is 16.6. The quantitative estimate of drug-likeness (QED) is 0.759. The molecule has 0 unspecified atom stereocenters. The third-order valence-corrected chi connectivity index (χ3v) is 4.56. The molecule has 2 aromatic rings. The molecule has 0 aliphatic carbocycles. The molecule has 7 nitrogen and oxygen atoms in total. The Bertz CT molecular complexity index is 939. The van der Waals surface area contributed by atoms with E-state index < -0.39 is 18.5 Å². The van der Waals surface area contributed by atoms with Crippen molar-refractivity contribution < 1.29 is 23.9 Å². The Morgan fingerprint density at radius 2 is 1.90 bits per heavy atom. The summed E-state index contributed by atoms with van der Waals surface area (Å²) in [4.78, 5) is 37.7. The summed E-state index contributed by atoms with van der Waals surface area (Å²) in [6.07, 6.45) is 0. The van der Waals surface area contributed by atoms with Gasteiger partial charge in [-0.25, -0.2) is 4.79 Å². The number of carbonyl (C=O) groups excluding carboxylic acids is 3. The van der Waals surface area contributed by atoms with Crippen LogP contribution < -0.4 is 15.0 Å². The first-order chi connectivity index (χ1) is 13.8. The fraction of sp³-hybridized carbons (Fsp3) is 0.318. The largest absolute Gasteiger partial charge is 0.482 e. The van der Waals surface area contributed by atoms with Gasteiger partial charge in [0.1, 0.15) is 12.3 Å². The lowest BCUT2D eigenvalue weighted by Crippen LogP contribution is -2.44. The maximum absolute atomic E-state index is 12.5. The highest BCUT2D eigenvalue weighted by Crippen LogP contribution is 2.29. The van der Waals surface area contributed by atoms with Crippen LogP contribution in [0.25, 0.3) is 0 Å². The summed E-state index contributed by atoms with van der Waals surface area (Å²) in [6, 6.07) is 12.8. The molecule has 0 atom stereocenters. The first-order valence-electron chi connectivity index (χ1n) is 9.43. The average molecular weight is 396 g/mol. The second-order valence-corrected chi connectivity index (χ2v) is 7.19. The van der Waals surface area contributed by atoms with Gasteiger partial charge >= 0.3 is 5.97 Å². The molecule has 152 valence electrons. The second kappa shape index (κ2) is 8.77. The number of carbonyl (C=O) groups is 3. The van der Waals surface area contributed by atoms with E-state index in [0.717, 1.165) is 11.1 Å². The molecule has 0 spiro atoms. The lowest BCUT2D eigenvalue weighted by atomic mass is 10.0. The third kappa shape index (κ3) is 4.93. The Labute approximate surface area is 169 Å². The molecular weight excluding hydrogens is 372 g/mol. The van der Waals surface area contributed by atoms with E-state index in [1.165, 1.54) is 4.90 Å². The number of esters is 1. The van der Waals surface area contributed by atoms with Crippen molar-refractivity contribution in [1.29, 1.82) is 0 Å². The minimum absolute atomic E-state index is 0.120. The molecule has 2 amide bonds. The van der Waals surface area contributed by atoms with Crippen LogP contribution in [0, 0.1) is 6.92 Å². The van der Waals surface area contributed by atoms with Gasteiger partial charge in [-0.2, -0.15) is 0 Å². The van der Waals surface area contributed by atoms with Crippen LogP contribution in [0.15, 0.2) is 42.5 Å². The molecule has 0 saturated heterocycles. The zero-order valence-electron chi connectivity index (χ0n) is 16.7. The molecule has 0 aromatic heterocycles. The van der Waals surface area contributed by atoms with Crippen LogP contribution in [0.5, 0.6) is 5.75 Å². The van der Waals surface area contributed by atoms with Crippen molar-refractivity contribution in [2.75, 3.05) is 30.0 Å². The summed E-state index contributed by atoms with van der Waals surface area (Å²) < 4.78 is 10.7. The summed E-state index contributed by atoms with van der Waals surface area (Å²) >= 11 is 0. The van der Waals surface area contributed by atoms with Gasteiger partial charge in [0.05, 0.1) is 11.4 Å².